The SMILES string of the molecule is Clc1ccncc1NC1CC(c2ccccc2Cl)C1. The molecule has 1 heterocycles. The Morgan fingerprint density at radius 3 is 2.58 bits per heavy atom. The van der Waals surface area contributed by atoms with E-state index in [2.05, 4.69) is 16.4 Å². The van der Waals surface area contributed by atoms with E-state index < -0.39 is 0 Å². The second-order valence-corrected chi connectivity index (χ2v) is 5.70. The van der Waals surface area contributed by atoms with Gasteiger partial charge in [0.2, 0.25) is 0 Å². The van der Waals surface area contributed by atoms with Gasteiger partial charge >= 0.3 is 0 Å². The first kappa shape index (κ1) is 12.8. The molecule has 0 radical (unpaired) electrons. The molecule has 1 saturated carbocycles. The monoisotopic (exact) mass is 292 g/mol. The second kappa shape index (κ2) is 5.40. The van der Waals surface area contributed by atoms with Gasteiger partial charge in [0.1, 0.15) is 0 Å². The Balaban J connectivity index is 1.62. The van der Waals surface area contributed by atoms with E-state index in [1.165, 1.54) is 5.56 Å². The summed E-state index contributed by atoms with van der Waals surface area (Å²) in [5, 5.41) is 5.01. The summed E-state index contributed by atoms with van der Waals surface area (Å²) in [6.45, 7) is 0. The number of hydrogen-bond donors (Lipinski definition) is 1. The van der Waals surface area contributed by atoms with Crippen LogP contribution in [0.2, 0.25) is 10.0 Å². The normalized spacial score (nSPS) is 21.8. The second-order valence-electron chi connectivity index (χ2n) is 4.89. The zero-order valence-electron chi connectivity index (χ0n) is 10.3. The van der Waals surface area contributed by atoms with E-state index in [0.29, 0.717) is 12.0 Å². The lowest BCUT2D eigenvalue weighted by Crippen LogP contribution is -2.34. The third-order valence-electron chi connectivity index (χ3n) is 3.61. The molecule has 0 aliphatic heterocycles. The summed E-state index contributed by atoms with van der Waals surface area (Å²) < 4.78 is 0. The average molecular weight is 293 g/mol. The molecule has 3 rings (SSSR count). The van der Waals surface area contributed by atoms with Crippen LogP contribution >= 0.6 is 23.2 Å². The number of benzene rings is 1. The minimum atomic E-state index is 0.447. The summed E-state index contributed by atoms with van der Waals surface area (Å²) in [6.07, 6.45) is 5.62. The lowest BCUT2D eigenvalue weighted by Gasteiger charge is -2.37. The first-order valence-corrected chi connectivity index (χ1v) is 7.10. The maximum Gasteiger partial charge on any atom is 0.0718 e. The number of anilines is 1. The Morgan fingerprint density at radius 2 is 1.84 bits per heavy atom. The molecule has 4 heteroatoms. The van der Waals surface area contributed by atoms with Crippen LogP contribution in [0.4, 0.5) is 5.69 Å². The highest BCUT2D eigenvalue weighted by Gasteiger charge is 2.31. The van der Waals surface area contributed by atoms with Gasteiger partial charge < -0.3 is 5.32 Å². The van der Waals surface area contributed by atoms with Crippen molar-refractivity contribution in [2.75, 3.05) is 5.32 Å². The van der Waals surface area contributed by atoms with E-state index in [9.17, 15) is 0 Å². The Kier molecular flexibility index (Phi) is 3.63. The maximum absolute atomic E-state index is 6.21. The van der Waals surface area contributed by atoms with Crippen LogP contribution in [-0.4, -0.2) is 11.0 Å². The summed E-state index contributed by atoms with van der Waals surface area (Å²) in [7, 11) is 0. The molecular weight excluding hydrogens is 279 g/mol. The molecule has 1 aromatic heterocycles. The fraction of sp³-hybridized carbons (Fsp3) is 0.267. The molecule has 98 valence electrons. The smallest absolute Gasteiger partial charge is 0.0718 e. The van der Waals surface area contributed by atoms with Crippen molar-refractivity contribution < 1.29 is 0 Å². The summed E-state index contributed by atoms with van der Waals surface area (Å²) in [5.74, 6) is 0.543. The number of aromatic nitrogens is 1. The van der Waals surface area contributed by atoms with Crippen molar-refractivity contribution in [2.45, 2.75) is 24.8 Å². The average Bonchev–Trinajstić information content (AvgIpc) is 2.37. The largest absolute Gasteiger partial charge is 0.380 e. The lowest BCUT2D eigenvalue weighted by atomic mass is 9.76. The molecule has 2 nitrogen and oxygen atoms in total. The number of hydrogen-bond acceptors (Lipinski definition) is 2. The van der Waals surface area contributed by atoms with Crippen LogP contribution in [-0.2, 0) is 0 Å². The van der Waals surface area contributed by atoms with Crippen LogP contribution in [0.5, 0.6) is 0 Å². The van der Waals surface area contributed by atoms with Crippen molar-refractivity contribution >= 4 is 28.9 Å². The standard InChI is InChI=1S/C15H14Cl2N2/c16-13-4-2-1-3-12(13)10-7-11(8-10)19-15-9-18-6-5-14(15)17/h1-6,9-11,19H,7-8H2. The van der Waals surface area contributed by atoms with Crippen LogP contribution in [0.25, 0.3) is 0 Å². The molecule has 0 saturated heterocycles. The van der Waals surface area contributed by atoms with Crippen LogP contribution in [0, 0.1) is 0 Å². The first-order chi connectivity index (χ1) is 9.24. The molecule has 2 aromatic rings. The summed E-state index contributed by atoms with van der Waals surface area (Å²) in [5.41, 5.74) is 2.16. The van der Waals surface area contributed by atoms with Crippen LogP contribution in [0.1, 0.15) is 24.3 Å². The van der Waals surface area contributed by atoms with Crippen LogP contribution in [0.3, 0.4) is 0 Å². The molecule has 0 amide bonds. The Hall–Kier alpha value is -1.25. The van der Waals surface area contributed by atoms with Crippen LogP contribution in [0.15, 0.2) is 42.7 Å². The van der Waals surface area contributed by atoms with Crippen molar-refractivity contribution in [3.8, 4) is 0 Å². The number of halogens is 2. The molecule has 1 aromatic carbocycles. The van der Waals surface area contributed by atoms with E-state index in [-0.39, 0.29) is 0 Å². The predicted molar refractivity (Wildman–Crippen MR) is 80.1 cm³/mol. The number of pyridine rings is 1. The van der Waals surface area contributed by atoms with Gasteiger partial charge in [-0.25, -0.2) is 0 Å². The molecular formula is C15H14Cl2N2. The topological polar surface area (TPSA) is 24.9 Å². The van der Waals surface area contributed by atoms with Gasteiger partial charge in [-0.15, -0.1) is 0 Å². The van der Waals surface area contributed by atoms with E-state index in [0.717, 1.165) is 28.6 Å². The van der Waals surface area contributed by atoms with Crippen LogP contribution < -0.4 is 5.32 Å². The molecule has 1 N–H and O–H groups in total. The molecule has 0 bridgehead atoms. The van der Waals surface area contributed by atoms with Gasteiger partial charge in [0.25, 0.3) is 0 Å². The zero-order chi connectivity index (χ0) is 13.2. The minimum absolute atomic E-state index is 0.447. The molecule has 1 aliphatic rings. The minimum Gasteiger partial charge on any atom is -0.380 e. The number of rotatable bonds is 3. The quantitative estimate of drug-likeness (QED) is 0.883. The molecule has 1 fully saturated rings. The lowest BCUT2D eigenvalue weighted by molar-refractivity contribution is 0.374. The van der Waals surface area contributed by atoms with E-state index in [1.54, 1.807) is 18.5 Å². The summed E-state index contributed by atoms with van der Waals surface area (Å²) >= 11 is 12.3. The third-order valence-corrected chi connectivity index (χ3v) is 4.28. The van der Waals surface area contributed by atoms with Crippen molar-refractivity contribution in [1.29, 1.82) is 0 Å². The van der Waals surface area contributed by atoms with Gasteiger partial charge in [0, 0.05) is 17.3 Å². The Labute approximate surface area is 122 Å². The van der Waals surface area contributed by atoms with E-state index in [4.69, 9.17) is 23.2 Å². The highest BCUT2D eigenvalue weighted by Crippen LogP contribution is 2.41. The fourth-order valence-corrected chi connectivity index (χ4v) is 2.95. The Bertz CT molecular complexity index is 580. The van der Waals surface area contributed by atoms with Gasteiger partial charge in [-0.05, 0) is 36.5 Å². The van der Waals surface area contributed by atoms with Gasteiger partial charge in [-0.3, -0.25) is 4.98 Å². The first-order valence-electron chi connectivity index (χ1n) is 6.34. The van der Waals surface area contributed by atoms with Crippen molar-refractivity contribution in [1.82, 2.24) is 4.98 Å². The maximum atomic E-state index is 6.21. The molecule has 0 unspecified atom stereocenters. The van der Waals surface area contributed by atoms with Gasteiger partial charge in [0.05, 0.1) is 16.9 Å². The number of nitrogens with zero attached hydrogens (tertiary/aromatic N) is 1. The number of nitrogens with one attached hydrogen (secondary N) is 1. The third kappa shape index (κ3) is 2.70. The van der Waals surface area contributed by atoms with E-state index in [1.807, 2.05) is 18.2 Å². The predicted octanol–water partition coefficient (Wildman–Crippen LogP) is 4.75. The van der Waals surface area contributed by atoms with E-state index >= 15 is 0 Å². The van der Waals surface area contributed by atoms with Crippen molar-refractivity contribution in [2.24, 2.45) is 0 Å². The van der Waals surface area contributed by atoms with Gasteiger partial charge in [-0.1, -0.05) is 41.4 Å². The van der Waals surface area contributed by atoms with Gasteiger partial charge in [-0.2, -0.15) is 0 Å². The van der Waals surface area contributed by atoms with Crippen molar-refractivity contribution in [3.63, 3.8) is 0 Å². The Morgan fingerprint density at radius 1 is 1.05 bits per heavy atom. The fourth-order valence-electron chi connectivity index (χ4n) is 2.50. The molecule has 0 spiro atoms. The summed E-state index contributed by atoms with van der Waals surface area (Å²) in [6, 6.07) is 10.3. The highest BCUT2D eigenvalue weighted by molar-refractivity contribution is 6.33. The summed E-state index contributed by atoms with van der Waals surface area (Å²) in [4.78, 5) is 4.08. The highest BCUT2D eigenvalue weighted by atomic mass is 35.5. The molecule has 19 heavy (non-hydrogen) atoms. The van der Waals surface area contributed by atoms with Gasteiger partial charge in [0.15, 0.2) is 0 Å². The molecule has 0 atom stereocenters. The zero-order valence-corrected chi connectivity index (χ0v) is 11.8. The molecule has 1 aliphatic carbocycles. The van der Waals surface area contributed by atoms with Crippen molar-refractivity contribution in [3.05, 3.63) is 58.3 Å².